The standard InChI is InChI=1S/C14H16ClN3O3/c15-13(16-20)12-7-6-11-8-17(12)14(19)18(11)21-9-10-4-2-1-3-5-10/h1-5,11-13H,6-9H2. The van der Waals surface area contributed by atoms with Crippen LogP contribution in [-0.4, -0.2) is 40.1 Å². The number of hydrogen-bond donors (Lipinski definition) is 0. The number of alkyl halides is 1. The van der Waals surface area contributed by atoms with Gasteiger partial charge >= 0.3 is 6.03 Å². The van der Waals surface area contributed by atoms with Crippen LogP contribution in [0.1, 0.15) is 18.4 Å². The van der Waals surface area contributed by atoms with Gasteiger partial charge < -0.3 is 4.90 Å². The molecule has 0 aromatic heterocycles. The number of rotatable bonds is 5. The fourth-order valence-electron chi connectivity index (χ4n) is 2.90. The van der Waals surface area contributed by atoms with Crippen molar-refractivity contribution in [3.05, 3.63) is 40.8 Å². The molecule has 1 aromatic rings. The number of fused-ring (bicyclic) bond motifs is 2. The second-order valence-electron chi connectivity index (χ2n) is 5.30. The van der Waals surface area contributed by atoms with Gasteiger partial charge in [-0.05, 0) is 23.6 Å². The lowest BCUT2D eigenvalue weighted by atomic mass is 10.0. The average Bonchev–Trinajstić information content (AvgIpc) is 2.77. The van der Waals surface area contributed by atoms with Crippen molar-refractivity contribution in [2.24, 2.45) is 5.18 Å². The maximum absolute atomic E-state index is 12.4. The largest absolute Gasteiger partial charge is 0.344 e. The second-order valence-corrected chi connectivity index (χ2v) is 5.74. The van der Waals surface area contributed by atoms with E-state index in [1.54, 1.807) is 4.90 Å². The van der Waals surface area contributed by atoms with Gasteiger partial charge in [0.15, 0.2) is 5.50 Å². The number of carbonyl (C=O) groups is 1. The predicted molar refractivity (Wildman–Crippen MR) is 77.4 cm³/mol. The van der Waals surface area contributed by atoms with Crippen molar-refractivity contribution in [2.75, 3.05) is 6.54 Å². The van der Waals surface area contributed by atoms with E-state index in [1.807, 2.05) is 30.3 Å². The summed E-state index contributed by atoms with van der Waals surface area (Å²) in [6, 6.07) is 9.13. The van der Waals surface area contributed by atoms with Crippen molar-refractivity contribution in [3.63, 3.8) is 0 Å². The van der Waals surface area contributed by atoms with Crippen LogP contribution < -0.4 is 0 Å². The molecule has 3 unspecified atom stereocenters. The molecule has 2 saturated heterocycles. The van der Waals surface area contributed by atoms with E-state index in [0.717, 1.165) is 12.0 Å². The van der Waals surface area contributed by atoms with Crippen molar-refractivity contribution < 1.29 is 9.63 Å². The quantitative estimate of drug-likeness (QED) is 0.477. The molecule has 0 aliphatic carbocycles. The smallest absolute Gasteiger partial charge is 0.314 e. The summed E-state index contributed by atoms with van der Waals surface area (Å²) >= 11 is 5.89. The molecular formula is C14H16ClN3O3. The molecular weight excluding hydrogens is 294 g/mol. The van der Waals surface area contributed by atoms with E-state index in [4.69, 9.17) is 16.4 Å². The van der Waals surface area contributed by atoms with Gasteiger partial charge in [-0.3, -0.25) is 4.84 Å². The average molecular weight is 310 g/mol. The highest BCUT2D eigenvalue weighted by molar-refractivity contribution is 6.21. The Morgan fingerprint density at radius 3 is 2.81 bits per heavy atom. The monoisotopic (exact) mass is 309 g/mol. The topological polar surface area (TPSA) is 62.2 Å². The van der Waals surface area contributed by atoms with Crippen LogP contribution >= 0.6 is 11.6 Å². The molecule has 2 aliphatic rings. The van der Waals surface area contributed by atoms with E-state index in [9.17, 15) is 9.70 Å². The van der Waals surface area contributed by atoms with Crippen LogP contribution in [0.3, 0.4) is 0 Å². The molecule has 112 valence electrons. The number of piperidine rings is 1. The van der Waals surface area contributed by atoms with Gasteiger partial charge in [0.25, 0.3) is 0 Å². The normalized spacial score (nSPS) is 26.0. The van der Waals surface area contributed by atoms with Gasteiger partial charge in [0.1, 0.15) is 6.61 Å². The van der Waals surface area contributed by atoms with E-state index in [-0.39, 0.29) is 18.1 Å². The number of carbonyl (C=O) groups excluding carboxylic acids is 1. The summed E-state index contributed by atoms with van der Waals surface area (Å²) in [7, 11) is 0. The van der Waals surface area contributed by atoms with Crippen molar-refractivity contribution in [1.82, 2.24) is 9.96 Å². The van der Waals surface area contributed by atoms with E-state index in [0.29, 0.717) is 19.6 Å². The highest BCUT2D eigenvalue weighted by Crippen LogP contribution is 2.33. The van der Waals surface area contributed by atoms with Crippen molar-refractivity contribution in [1.29, 1.82) is 0 Å². The highest BCUT2D eigenvalue weighted by atomic mass is 35.5. The lowest BCUT2D eigenvalue weighted by molar-refractivity contribution is -0.140. The van der Waals surface area contributed by atoms with Crippen LogP contribution in [-0.2, 0) is 11.4 Å². The Kier molecular flexibility index (Phi) is 4.07. The molecule has 3 rings (SSSR count). The molecule has 2 heterocycles. The molecule has 21 heavy (non-hydrogen) atoms. The minimum absolute atomic E-state index is 0.0213. The molecule has 1 aromatic carbocycles. The summed E-state index contributed by atoms with van der Waals surface area (Å²) in [4.78, 5) is 30.2. The zero-order chi connectivity index (χ0) is 14.8. The number of benzene rings is 1. The molecule has 7 heteroatoms. The molecule has 0 radical (unpaired) electrons. The van der Waals surface area contributed by atoms with Gasteiger partial charge in [-0.25, -0.2) is 4.79 Å². The molecule has 3 atom stereocenters. The molecule has 2 amide bonds. The number of urea groups is 1. The van der Waals surface area contributed by atoms with E-state index in [2.05, 4.69) is 5.18 Å². The van der Waals surface area contributed by atoms with Gasteiger partial charge in [-0.2, -0.15) is 5.06 Å². The van der Waals surface area contributed by atoms with Crippen LogP contribution in [0.5, 0.6) is 0 Å². The maximum Gasteiger partial charge on any atom is 0.344 e. The molecule has 0 spiro atoms. The molecule has 2 aliphatic heterocycles. The first-order valence-electron chi connectivity index (χ1n) is 6.94. The Morgan fingerprint density at radius 1 is 1.33 bits per heavy atom. The summed E-state index contributed by atoms with van der Waals surface area (Å²) in [6.07, 6.45) is 1.43. The van der Waals surface area contributed by atoms with Crippen molar-refractivity contribution in [3.8, 4) is 0 Å². The third-order valence-electron chi connectivity index (χ3n) is 4.00. The van der Waals surface area contributed by atoms with Crippen LogP contribution in [0.15, 0.2) is 35.5 Å². The van der Waals surface area contributed by atoms with Crippen LogP contribution in [0.4, 0.5) is 4.79 Å². The minimum Gasteiger partial charge on any atom is -0.314 e. The zero-order valence-electron chi connectivity index (χ0n) is 11.4. The SMILES string of the molecule is O=NC(Cl)C1CCC2CN1C(=O)N2OCc1ccccc1. The van der Waals surface area contributed by atoms with Crippen LogP contribution in [0.25, 0.3) is 0 Å². The summed E-state index contributed by atoms with van der Waals surface area (Å²) in [5, 5.41) is 4.26. The Balaban J connectivity index is 1.66. The Labute approximate surface area is 127 Å². The van der Waals surface area contributed by atoms with E-state index in [1.165, 1.54) is 5.06 Å². The number of nitrogens with zero attached hydrogens (tertiary/aromatic N) is 3. The predicted octanol–water partition coefficient (Wildman–Crippen LogP) is 2.72. The number of nitroso groups, excluding NO2 is 1. The number of amides is 2. The lowest BCUT2D eigenvalue weighted by Gasteiger charge is -2.30. The number of hydrogen-bond acceptors (Lipinski definition) is 4. The van der Waals surface area contributed by atoms with Crippen LogP contribution in [0, 0.1) is 4.91 Å². The highest BCUT2D eigenvalue weighted by Gasteiger charge is 2.47. The van der Waals surface area contributed by atoms with Gasteiger partial charge in [-0.15, -0.1) is 4.91 Å². The summed E-state index contributed by atoms with van der Waals surface area (Å²) in [5.74, 6) is 0. The zero-order valence-corrected chi connectivity index (χ0v) is 12.1. The van der Waals surface area contributed by atoms with E-state index >= 15 is 0 Å². The first-order chi connectivity index (χ1) is 10.2. The minimum atomic E-state index is -0.899. The molecule has 0 saturated carbocycles. The Bertz CT molecular complexity index is 527. The fourth-order valence-corrected chi connectivity index (χ4v) is 3.16. The van der Waals surface area contributed by atoms with Gasteiger partial charge in [0, 0.05) is 6.54 Å². The fraction of sp³-hybridized carbons (Fsp3) is 0.500. The van der Waals surface area contributed by atoms with Gasteiger partial charge in [0.2, 0.25) is 0 Å². The third kappa shape index (κ3) is 2.73. The Morgan fingerprint density at radius 2 is 2.10 bits per heavy atom. The molecule has 0 N–H and O–H groups in total. The summed E-state index contributed by atoms with van der Waals surface area (Å²) < 4.78 is 0. The molecule has 2 bridgehead atoms. The van der Waals surface area contributed by atoms with Gasteiger partial charge in [0.05, 0.1) is 12.1 Å². The first kappa shape index (κ1) is 14.3. The lowest BCUT2D eigenvalue weighted by Crippen LogP contribution is -2.44. The first-order valence-corrected chi connectivity index (χ1v) is 7.37. The van der Waals surface area contributed by atoms with Crippen molar-refractivity contribution in [2.45, 2.75) is 37.0 Å². The molecule has 2 fully saturated rings. The maximum atomic E-state index is 12.4. The van der Waals surface area contributed by atoms with Crippen molar-refractivity contribution >= 4 is 17.6 Å². The number of halogens is 1. The number of hydroxylamine groups is 2. The second kappa shape index (κ2) is 5.99. The van der Waals surface area contributed by atoms with E-state index < -0.39 is 5.50 Å². The van der Waals surface area contributed by atoms with Crippen LogP contribution in [0.2, 0.25) is 0 Å². The third-order valence-corrected chi connectivity index (χ3v) is 4.37. The summed E-state index contributed by atoms with van der Waals surface area (Å²) in [5.41, 5.74) is 0.104. The summed E-state index contributed by atoms with van der Waals surface area (Å²) in [6.45, 7) is 0.884. The Hall–Kier alpha value is -1.66. The molecule has 6 nitrogen and oxygen atoms in total. The van der Waals surface area contributed by atoms with Gasteiger partial charge in [-0.1, -0.05) is 41.9 Å².